The molecule has 0 spiro atoms. The monoisotopic (exact) mass is 250 g/mol. The first-order valence-corrected chi connectivity index (χ1v) is 7.02. The molecule has 4 heteroatoms. The van der Waals surface area contributed by atoms with Crippen LogP contribution < -0.4 is 5.32 Å². The third-order valence-corrected chi connectivity index (χ3v) is 4.37. The Balaban J connectivity index is 2.09. The fourth-order valence-electron chi connectivity index (χ4n) is 2.28. The van der Waals surface area contributed by atoms with Crippen molar-refractivity contribution in [1.29, 1.82) is 5.26 Å². The highest BCUT2D eigenvalue weighted by atomic mass is 32.2. The fourth-order valence-corrected chi connectivity index (χ4v) is 3.22. The highest BCUT2D eigenvalue weighted by Crippen LogP contribution is 2.31. The molecule has 0 amide bonds. The number of anilines is 1. The van der Waals surface area contributed by atoms with Crippen molar-refractivity contribution >= 4 is 17.4 Å². The number of nitrogens with zero attached hydrogens (tertiary/aromatic N) is 1. The third-order valence-electron chi connectivity index (χ3n) is 3.20. The molecule has 1 aliphatic rings. The molecule has 0 saturated heterocycles. The van der Waals surface area contributed by atoms with Gasteiger partial charge >= 0.3 is 0 Å². The first kappa shape index (κ1) is 12.3. The summed E-state index contributed by atoms with van der Waals surface area (Å²) < 4.78 is 13.4. The summed E-state index contributed by atoms with van der Waals surface area (Å²) in [7, 11) is 0. The number of halogens is 1. The first-order chi connectivity index (χ1) is 8.24. The number of rotatable bonds is 3. The average molecular weight is 250 g/mol. The Kier molecular flexibility index (Phi) is 3.90. The summed E-state index contributed by atoms with van der Waals surface area (Å²) in [6.45, 7) is 0. The quantitative estimate of drug-likeness (QED) is 0.893. The molecule has 0 radical (unpaired) electrons. The molecule has 2 nitrogen and oxygen atoms in total. The molecule has 2 unspecified atom stereocenters. The molecule has 0 aromatic heterocycles. The van der Waals surface area contributed by atoms with Crippen molar-refractivity contribution in [3.05, 3.63) is 29.6 Å². The summed E-state index contributed by atoms with van der Waals surface area (Å²) in [4.78, 5) is 0. The van der Waals surface area contributed by atoms with Crippen LogP contribution in [0.1, 0.15) is 24.8 Å². The minimum absolute atomic E-state index is 0.100. The van der Waals surface area contributed by atoms with Gasteiger partial charge in [-0.15, -0.1) is 0 Å². The van der Waals surface area contributed by atoms with Crippen molar-refractivity contribution in [2.75, 3.05) is 11.6 Å². The largest absolute Gasteiger partial charge is 0.381 e. The zero-order valence-electron chi connectivity index (χ0n) is 9.74. The summed E-state index contributed by atoms with van der Waals surface area (Å²) in [5.41, 5.74) is 0.871. The Bertz CT molecular complexity index is 442. The van der Waals surface area contributed by atoms with Gasteiger partial charge in [0, 0.05) is 17.0 Å². The highest BCUT2D eigenvalue weighted by Gasteiger charge is 2.26. The second-order valence-electron chi connectivity index (χ2n) is 4.26. The maximum Gasteiger partial charge on any atom is 0.143 e. The van der Waals surface area contributed by atoms with Crippen LogP contribution in [0.2, 0.25) is 0 Å². The van der Waals surface area contributed by atoms with E-state index in [-0.39, 0.29) is 5.56 Å². The predicted molar refractivity (Wildman–Crippen MR) is 69.7 cm³/mol. The second-order valence-corrected chi connectivity index (χ2v) is 5.34. The van der Waals surface area contributed by atoms with Crippen LogP contribution in [-0.4, -0.2) is 17.5 Å². The molecule has 1 aromatic carbocycles. The Morgan fingerprint density at radius 1 is 1.47 bits per heavy atom. The molecule has 1 aliphatic carbocycles. The molecule has 1 aromatic rings. The van der Waals surface area contributed by atoms with Gasteiger partial charge in [0.05, 0.1) is 5.56 Å². The Morgan fingerprint density at radius 3 is 2.94 bits per heavy atom. The van der Waals surface area contributed by atoms with Gasteiger partial charge in [-0.25, -0.2) is 4.39 Å². The fraction of sp³-hybridized carbons (Fsp3) is 0.462. The van der Waals surface area contributed by atoms with Gasteiger partial charge in [-0.1, -0.05) is 6.42 Å². The molecule has 0 heterocycles. The predicted octanol–water partition coefficient (Wildman–Crippen LogP) is 3.39. The van der Waals surface area contributed by atoms with Gasteiger partial charge in [-0.05, 0) is 37.3 Å². The van der Waals surface area contributed by atoms with Gasteiger partial charge < -0.3 is 5.32 Å². The lowest BCUT2D eigenvalue weighted by atomic mass is 10.2. The van der Waals surface area contributed by atoms with Crippen molar-refractivity contribution in [2.24, 2.45) is 0 Å². The van der Waals surface area contributed by atoms with Crippen molar-refractivity contribution in [3.8, 4) is 6.07 Å². The summed E-state index contributed by atoms with van der Waals surface area (Å²) in [5.74, 6) is -0.448. The van der Waals surface area contributed by atoms with Gasteiger partial charge in [0.1, 0.15) is 11.9 Å². The van der Waals surface area contributed by atoms with Crippen LogP contribution in [0.15, 0.2) is 18.2 Å². The van der Waals surface area contributed by atoms with Crippen LogP contribution in [-0.2, 0) is 0 Å². The highest BCUT2D eigenvalue weighted by molar-refractivity contribution is 7.99. The molecule has 17 heavy (non-hydrogen) atoms. The zero-order chi connectivity index (χ0) is 12.3. The topological polar surface area (TPSA) is 35.8 Å². The van der Waals surface area contributed by atoms with Crippen LogP contribution >= 0.6 is 11.8 Å². The molecule has 1 saturated carbocycles. The van der Waals surface area contributed by atoms with Crippen molar-refractivity contribution in [3.63, 3.8) is 0 Å². The van der Waals surface area contributed by atoms with Crippen molar-refractivity contribution in [2.45, 2.75) is 30.6 Å². The van der Waals surface area contributed by atoms with E-state index < -0.39 is 5.82 Å². The average Bonchev–Trinajstić information content (AvgIpc) is 2.76. The van der Waals surface area contributed by atoms with Gasteiger partial charge in [-0.3, -0.25) is 0 Å². The summed E-state index contributed by atoms with van der Waals surface area (Å²) in [6, 6.07) is 6.96. The smallest absolute Gasteiger partial charge is 0.143 e. The van der Waals surface area contributed by atoms with E-state index in [0.29, 0.717) is 11.3 Å². The number of nitrogens with one attached hydrogen (secondary N) is 1. The van der Waals surface area contributed by atoms with Crippen molar-refractivity contribution < 1.29 is 4.39 Å². The van der Waals surface area contributed by atoms with Crippen LogP contribution in [0.4, 0.5) is 10.1 Å². The van der Waals surface area contributed by atoms with Crippen molar-refractivity contribution in [1.82, 2.24) is 0 Å². The number of benzene rings is 1. The molecular formula is C13H15FN2S. The van der Waals surface area contributed by atoms with Gasteiger partial charge in [0.15, 0.2) is 0 Å². The van der Waals surface area contributed by atoms with Crippen LogP contribution in [0.5, 0.6) is 0 Å². The van der Waals surface area contributed by atoms with E-state index in [0.717, 1.165) is 12.1 Å². The van der Waals surface area contributed by atoms with E-state index in [1.54, 1.807) is 6.07 Å². The Morgan fingerprint density at radius 2 is 2.29 bits per heavy atom. The maximum absolute atomic E-state index is 13.4. The van der Waals surface area contributed by atoms with E-state index in [4.69, 9.17) is 5.26 Å². The van der Waals surface area contributed by atoms with E-state index >= 15 is 0 Å². The van der Waals surface area contributed by atoms with Crippen LogP contribution in [0, 0.1) is 17.1 Å². The second kappa shape index (κ2) is 5.42. The lowest BCUT2D eigenvalue weighted by molar-refractivity contribution is 0.623. The number of nitriles is 1. The van der Waals surface area contributed by atoms with Gasteiger partial charge in [-0.2, -0.15) is 17.0 Å². The van der Waals surface area contributed by atoms with E-state index in [9.17, 15) is 4.39 Å². The first-order valence-electron chi connectivity index (χ1n) is 5.73. The summed E-state index contributed by atoms with van der Waals surface area (Å²) in [6.07, 6.45) is 5.69. The molecule has 0 bridgehead atoms. The maximum atomic E-state index is 13.4. The number of hydrogen-bond acceptors (Lipinski definition) is 3. The molecule has 2 rings (SSSR count). The molecule has 2 atom stereocenters. The SMILES string of the molecule is CSC1CCCC1Nc1ccc(C#N)c(F)c1. The van der Waals surface area contributed by atoms with E-state index in [1.807, 2.05) is 17.8 Å². The number of thioether (sulfide) groups is 1. The standard InChI is InChI=1S/C13H15FN2S/c1-17-13-4-2-3-12(13)16-10-6-5-9(8-15)11(14)7-10/h5-7,12-13,16H,2-4H2,1H3. The van der Waals surface area contributed by atoms with Gasteiger partial charge in [0.25, 0.3) is 0 Å². The minimum Gasteiger partial charge on any atom is -0.381 e. The van der Waals surface area contributed by atoms with E-state index in [2.05, 4.69) is 11.6 Å². The third kappa shape index (κ3) is 2.73. The zero-order valence-corrected chi connectivity index (χ0v) is 10.6. The van der Waals surface area contributed by atoms with Crippen LogP contribution in [0.25, 0.3) is 0 Å². The molecule has 1 fully saturated rings. The van der Waals surface area contributed by atoms with Crippen LogP contribution in [0.3, 0.4) is 0 Å². The Labute approximate surface area is 105 Å². The summed E-state index contributed by atoms with van der Waals surface area (Å²) in [5, 5.41) is 12.6. The molecule has 1 N–H and O–H groups in total. The minimum atomic E-state index is -0.448. The normalized spacial score (nSPS) is 23.4. The Hall–Kier alpha value is -1.21. The molecule has 90 valence electrons. The molecular weight excluding hydrogens is 235 g/mol. The lowest BCUT2D eigenvalue weighted by Crippen LogP contribution is -2.25. The van der Waals surface area contributed by atoms with E-state index in [1.165, 1.54) is 25.0 Å². The molecule has 0 aliphatic heterocycles. The lowest BCUT2D eigenvalue weighted by Gasteiger charge is -2.20. The van der Waals surface area contributed by atoms with Gasteiger partial charge in [0.2, 0.25) is 0 Å². The number of hydrogen-bond donors (Lipinski definition) is 1. The summed E-state index contributed by atoms with van der Waals surface area (Å²) >= 11 is 1.86.